The number of carbonyl (C=O) groups excluding carboxylic acids is 2. The second kappa shape index (κ2) is 11.7. The van der Waals surface area contributed by atoms with Gasteiger partial charge in [0.2, 0.25) is 0 Å². The Balaban J connectivity index is 1.48. The molecular formula is C28H29N5O2. The zero-order valence-corrected chi connectivity index (χ0v) is 19.6. The lowest BCUT2D eigenvalue weighted by Crippen LogP contribution is -2.33. The van der Waals surface area contributed by atoms with Crippen LogP contribution in [-0.2, 0) is 6.42 Å². The number of rotatable bonds is 7. The van der Waals surface area contributed by atoms with Crippen molar-refractivity contribution in [2.45, 2.75) is 25.7 Å². The molecule has 0 radical (unpaired) electrons. The number of urea groups is 1. The summed E-state index contributed by atoms with van der Waals surface area (Å²) < 4.78 is 0. The predicted octanol–water partition coefficient (Wildman–Crippen LogP) is 5.17. The molecule has 1 aliphatic rings. The molecule has 0 aliphatic carbocycles. The van der Waals surface area contributed by atoms with Crippen LogP contribution in [0.3, 0.4) is 0 Å². The van der Waals surface area contributed by atoms with Gasteiger partial charge in [-0.2, -0.15) is 5.26 Å². The van der Waals surface area contributed by atoms with E-state index in [1.165, 1.54) is 6.42 Å². The first kappa shape index (κ1) is 23.8. The number of amides is 3. The van der Waals surface area contributed by atoms with Crippen molar-refractivity contribution in [1.82, 2.24) is 5.32 Å². The summed E-state index contributed by atoms with van der Waals surface area (Å²) in [6.45, 7) is 2.34. The average Bonchev–Trinajstić information content (AvgIpc) is 2.89. The van der Waals surface area contributed by atoms with Gasteiger partial charge >= 0.3 is 6.03 Å². The maximum Gasteiger partial charge on any atom is 0.323 e. The lowest BCUT2D eigenvalue weighted by atomic mass is 10.1. The third-order valence-corrected chi connectivity index (χ3v) is 5.99. The van der Waals surface area contributed by atoms with Gasteiger partial charge in [-0.1, -0.05) is 36.4 Å². The summed E-state index contributed by atoms with van der Waals surface area (Å²) in [5.41, 5.74) is 4.09. The summed E-state index contributed by atoms with van der Waals surface area (Å²) in [6, 6.07) is 23.8. The SMILES string of the molecule is N#Cc1cccc(NC(=O)Nc2ccc(N3CCCCC3)c(C(=O)NCCc3ccccc3)c2)c1. The van der Waals surface area contributed by atoms with Gasteiger partial charge in [-0.25, -0.2) is 4.79 Å². The van der Waals surface area contributed by atoms with Gasteiger partial charge in [0.1, 0.15) is 0 Å². The van der Waals surface area contributed by atoms with Crippen molar-refractivity contribution in [2.75, 3.05) is 35.2 Å². The molecule has 0 unspecified atom stereocenters. The molecular weight excluding hydrogens is 438 g/mol. The van der Waals surface area contributed by atoms with Crippen molar-refractivity contribution in [3.05, 3.63) is 89.5 Å². The number of benzene rings is 3. The largest absolute Gasteiger partial charge is 0.371 e. The standard InChI is InChI=1S/C28H29N5O2/c29-20-22-10-7-11-23(18-22)31-28(35)32-24-12-13-26(33-16-5-2-6-17-33)25(19-24)27(34)30-15-14-21-8-3-1-4-9-21/h1,3-4,7-13,18-19H,2,5-6,14-17H2,(H,30,34)(H2,31,32,35). The number of nitriles is 1. The Labute approximate surface area is 205 Å². The molecule has 3 aromatic carbocycles. The highest BCUT2D eigenvalue weighted by atomic mass is 16.2. The molecule has 178 valence electrons. The summed E-state index contributed by atoms with van der Waals surface area (Å²) in [5, 5.41) is 17.6. The average molecular weight is 468 g/mol. The zero-order chi connectivity index (χ0) is 24.5. The molecule has 0 spiro atoms. The lowest BCUT2D eigenvalue weighted by molar-refractivity contribution is 0.0954. The first-order chi connectivity index (χ1) is 17.1. The van der Waals surface area contributed by atoms with Crippen molar-refractivity contribution in [1.29, 1.82) is 5.26 Å². The topological polar surface area (TPSA) is 97.3 Å². The smallest absolute Gasteiger partial charge is 0.323 e. The van der Waals surface area contributed by atoms with E-state index < -0.39 is 6.03 Å². The summed E-state index contributed by atoms with van der Waals surface area (Å²) >= 11 is 0. The van der Waals surface area contributed by atoms with Gasteiger partial charge in [0, 0.05) is 36.7 Å². The maximum atomic E-state index is 13.2. The van der Waals surface area contributed by atoms with Gasteiger partial charge in [-0.15, -0.1) is 0 Å². The number of piperidine rings is 1. The first-order valence-corrected chi connectivity index (χ1v) is 11.9. The Bertz CT molecular complexity index is 1210. The number of carbonyl (C=O) groups is 2. The molecule has 0 bridgehead atoms. The molecule has 3 N–H and O–H groups in total. The fourth-order valence-corrected chi connectivity index (χ4v) is 4.23. The summed E-state index contributed by atoms with van der Waals surface area (Å²) in [7, 11) is 0. The van der Waals surface area contributed by atoms with E-state index in [2.05, 4.69) is 26.9 Å². The Morgan fingerprint density at radius 2 is 1.60 bits per heavy atom. The molecule has 4 rings (SSSR count). The van der Waals surface area contributed by atoms with Gasteiger partial charge in [-0.3, -0.25) is 4.79 Å². The van der Waals surface area contributed by atoms with Crippen LogP contribution in [-0.4, -0.2) is 31.6 Å². The quantitative estimate of drug-likeness (QED) is 0.447. The number of anilines is 3. The molecule has 0 aromatic heterocycles. The van der Waals surface area contributed by atoms with E-state index in [0.29, 0.717) is 29.0 Å². The molecule has 1 heterocycles. The van der Waals surface area contributed by atoms with Gasteiger partial charge < -0.3 is 20.9 Å². The fourth-order valence-electron chi connectivity index (χ4n) is 4.23. The number of nitrogens with one attached hydrogen (secondary N) is 3. The first-order valence-electron chi connectivity index (χ1n) is 11.9. The Hall–Kier alpha value is -4.31. The van der Waals surface area contributed by atoms with Crippen molar-refractivity contribution in [3.8, 4) is 6.07 Å². The summed E-state index contributed by atoms with van der Waals surface area (Å²) in [4.78, 5) is 28.0. The summed E-state index contributed by atoms with van der Waals surface area (Å²) in [5.74, 6) is -0.160. The molecule has 3 aromatic rings. The van der Waals surface area contributed by atoms with Crippen LogP contribution >= 0.6 is 0 Å². The minimum Gasteiger partial charge on any atom is -0.371 e. The number of hydrogen-bond acceptors (Lipinski definition) is 4. The van der Waals surface area contributed by atoms with Crippen LogP contribution in [0.5, 0.6) is 0 Å². The monoisotopic (exact) mass is 467 g/mol. The van der Waals surface area contributed by atoms with Crippen LogP contribution in [0.25, 0.3) is 0 Å². The normalized spacial score (nSPS) is 12.9. The van der Waals surface area contributed by atoms with E-state index in [-0.39, 0.29) is 5.91 Å². The highest BCUT2D eigenvalue weighted by Gasteiger charge is 2.19. The van der Waals surface area contributed by atoms with Gasteiger partial charge in [0.15, 0.2) is 0 Å². The van der Waals surface area contributed by atoms with Crippen molar-refractivity contribution in [3.63, 3.8) is 0 Å². The molecule has 1 saturated heterocycles. The minimum absolute atomic E-state index is 0.160. The molecule has 7 heteroatoms. The minimum atomic E-state index is -0.443. The predicted molar refractivity (Wildman–Crippen MR) is 139 cm³/mol. The van der Waals surface area contributed by atoms with Crippen LogP contribution in [0.15, 0.2) is 72.8 Å². The lowest BCUT2D eigenvalue weighted by Gasteiger charge is -2.30. The third-order valence-electron chi connectivity index (χ3n) is 5.99. The second-order valence-corrected chi connectivity index (χ2v) is 8.54. The molecule has 35 heavy (non-hydrogen) atoms. The Morgan fingerprint density at radius 3 is 2.34 bits per heavy atom. The molecule has 1 fully saturated rings. The van der Waals surface area contributed by atoms with Gasteiger partial charge in [-0.05, 0) is 67.6 Å². The summed E-state index contributed by atoms with van der Waals surface area (Å²) in [6.07, 6.45) is 4.13. The van der Waals surface area contributed by atoms with Crippen LogP contribution in [0, 0.1) is 11.3 Å². The van der Waals surface area contributed by atoms with Crippen molar-refractivity contribution >= 4 is 29.0 Å². The molecule has 7 nitrogen and oxygen atoms in total. The zero-order valence-electron chi connectivity index (χ0n) is 19.6. The molecule has 3 amide bonds. The van der Waals surface area contributed by atoms with E-state index >= 15 is 0 Å². The Kier molecular flexibility index (Phi) is 7.97. The molecule has 1 aliphatic heterocycles. The highest BCUT2D eigenvalue weighted by molar-refractivity contribution is 6.04. The van der Waals surface area contributed by atoms with E-state index in [1.807, 2.05) is 42.5 Å². The third kappa shape index (κ3) is 6.61. The van der Waals surface area contributed by atoms with Crippen LogP contribution in [0.2, 0.25) is 0 Å². The van der Waals surface area contributed by atoms with Crippen LogP contribution in [0.4, 0.5) is 21.9 Å². The van der Waals surface area contributed by atoms with E-state index in [9.17, 15) is 9.59 Å². The maximum absolute atomic E-state index is 13.2. The van der Waals surface area contributed by atoms with Crippen LogP contribution in [0.1, 0.15) is 40.7 Å². The van der Waals surface area contributed by atoms with E-state index in [0.717, 1.165) is 43.6 Å². The van der Waals surface area contributed by atoms with E-state index in [4.69, 9.17) is 5.26 Å². The second-order valence-electron chi connectivity index (χ2n) is 8.54. The number of nitrogens with zero attached hydrogens (tertiary/aromatic N) is 2. The molecule has 0 atom stereocenters. The highest BCUT2D eigenvalue weighted by Crippen LogP contribution is 2.27. The number of hydrogen-bond donors (Lipinski definition) is 3. The fraction of sp³-hybridized carbons (Fsp3) is 0.250. The van der Waals surface area contributed by atoms with Crippen LogP contribution < -0.4 is 20.9 Å². The van der Waals surface area contributed by atoms with Crippen molar-refractivity contribution < 1.29 is 9.59 Å². The van der Waals surface area contributed by atoms with E-state index in [1.54, 1.807) is 30.3 Å². The molecule has 0 saturated carbocycles. The van der Waals surface area contributed by atoms with Gasteiger partial charge in [0.25, 0.3) is 5.91 Å². The van der Waals surface area contributed by atoms with Crippen molar-refractivity contribution in [2.24, 2.45) is 0 Å². The Morgan fingerprint density at radius 1 is 0.857 bits per heavy atom. The van der Waals surface area contributed by atoms with Gasteiger partial charge in [0.05, 0.1) is 17.2 Å².